The maximum atomic E-state index is 5.38. The first kappa shape index (κ1) is 8.01. The van der Waals surface area contributed by atoms with Crippen molar-refractivity contribution < 1.29 is 4.52 Å². The van der Waals surface area contributed by atoms with Gasteiger partial charge < -0.3 is 4.52 Å². The van der Waals surface area contributed by atoms with E-state index in [2.05, 4.69) is 17.3 Å². The van der Waals surface area contributed by atoms with Crippen molar-refractivity contribution in [3.8, 4) is 12.3 Å². The highest BCUT2D eigenvalue weighted by Gasteiger charge is 2.19. The molecule has 0 amide bonds. The van der Waals surface area contributed by atoms with Gasteiger partial charge in [-0.05, 0) is 6.66 Å². The van der Waals surface area contributed by atoms with E-state index < -0.39 is 0 Å². The Balaban J connectivity index is 2.21. The minimum atomic E-state index is -0.302. The Bertz CT molecular complexity index is 143. The summed E-state index contributed by atoms with van der Waals surface area (Å²) >= 11 is 0. The molecule has 0 N–H and O–H groups in total. The molecule has 0 aromatic heterocycles. The minimum Gasteiger partial charge on any atom is -0.342 e. The summed E-state index contributed by atoms with van der Waals surface area (Å²) in [5.41, 5.74) is 0. The summed E-state index contributed by atoms with van der Waals surface area (Å²) in [4.78, 5) is 0. The van der Waals surface area contributed by atoms with Crippen LogP contribution in [0.1, 0.15) is 6.42 Å². The van der Waals surface area contributed by atoms with Crippen LogP contribution in [-0.4, -0.2) is 31.0 Å². The molecule has 0 bridgehead atoms. The highest BCUT2D eigenvalue weighted by atomic mass is 31.2. The van der Waals surface area contributed by atoms with Gasteiger partial charge in [-0.15, -0.1) is 12.3 Å². The zero-order valence-corrected chi connectivity index (χ0v) is 7.10. The van der Waals surface area contributed by atoms with Crippen LogP contribution in [0.15, 0.2) is 0 Å². The average Bonchev–Trinajstić information content (AvgIpc) is 2.31. The molecule has 1 saturated heterocycles. The normalized spacial score (nSPS) is 26.6. The smallest absolute Gasteiger partial charge is 0.101 e. The molecule has 0 radical (unpaired) electrons. The quantitative estimate of drug-likeness (QED) is 0.442. The molecule has 3 heteroatoms. The standard InChI is InChI=1S/C7H12NOP/c1-3-4-5-8-6-7-9-10(8)2/h1H,4-7H2,2H3/t10-/m0/s1. The molecule has 1 atom stereocenters. The maximum absolute atomic E-state index is 5.38. The van der Waals surface area contributed by atoms with Gasteiger partial charge in [0.25, 0.3) is 0 Å². The first-order chi connectivity index (χ1) is 4.84. The third-order valence-corrected chi connectivity index (χ3v) is 3.29. The van der Waals surface area contributed by atoms with Crippen LogP contribution < -0.4 is 0 Å². The lowest BCUT2D eigenvalue weighted by molar-refractivity contribution is 0.392. The van der Waals surface area contributed by atoms with Gasteiger partial charge in [0.05, 0.1) is 6.61 Å². The second kappa shape index (κ2) is 3.93. The van der Waals surface area contributed by atoms with Crippen LogP contribution in [0.2, 0.25) is 0 Å². The van der Waals surface area contributed by atoms with E-state index in [9.17, 15) is 0 Å². The lowest BCUT2D eigenvalue weighted by atomic mass is 10.4. The molecular weight excluding hydrogens is 145 g/mol. The predicted molar refractivity (Wildman–Crippen MR) is 43.8 cm³/mol. The molecule has 1 rings (SSSR count). The van der Waals surface area contributed by atoms with E-state index in [0.717, 1.165) is 26.1 Å². The summed E-state index contributed by atoms with van der Waals surface area (Å²) in [7, 11) is -0.302. The number of nitrogens with zero attached hydrogens (tertiary/aromatic N) is 1. The van der Waals surface area contributed by atoms with Gasteiger partial charge in [0, 0.05) is 19.5 Å². The largest absolute Gasteiger partial charge is 0.342 e. The maximum Gasteiger partial charge on any atom is 0.101 e. The molecule has 1 aliphatic heterocycles. The lowest BCUT2D eigenvalue weighted by Crippen LogP contribution is -2.14. The average molecular weight is 157 g/mol. The van der Waals surface area contributed by atoms with Crippen LogP contribution in [0.3, 0.4) is 0 Å². The van der Waals surface area contributed by atoms with Gasteiger partial charge in [0.1, 0.15) is 8.30 Å². The zero-order valence-electron chi connectivity index (χ0n) is 6.21. The van der Waals surface area contributed by atoms with E-state index in [1.54, 1.807) is 0 Å². The molecule has 56 valence electrons. The highest BCUT2D eigenvalue weighted by molar-refractivity contribution is 7.49. The molecule has 1 heterocycles. The van der Waals surface area contributed by atoms with Crippen LogP contribution in [0.4, 0.5) is 0 Å². The predicted octanol–water partition coefficient (Wildman–Crippen LogP) is 1.28. The van der Waals surface area contributed by atoms with Crippen molar-refractivity contribution in [2.45, 2.75) is 6.42 Å². The Kier molecular flexibility index (Phi) is 3.15. The fourth-order valence-electron chi connectivity index (χ4n) is 0.947. The van der Waals surface area contributed by atoms with E-state index in [1.165, 1.54) is 0 Å². The molecule has 0 spiro atoms. The Hall–Kier alpha value is -0.0900. The Morgan fingerprint density at radius 2 is 2.60 bits per heavy atom. The first-order valence-electron chi connectivity index (χ1n) is 3.39. The molecule has 10 heavy (non-hydrogen) atoms. The van der Waals surface area contributed by atoms with Crippen molar-refractivity contribution in [2.24, 2.45) is 0 Å². The summed E-state index contributed by atoms with van der Waals surface area (Å²) in [6, 6.07) is 0. The van der Waals surface area contributed by atoms with Crippen molar-refractivity contribution in [1.29, 1.82) is 0 Å². The van der Waals surface area contributed by atoms with Gasteiger partial charge >= 0.3 is 0 Å². The number of hydrogen-bond acceptors (Lipinski definition) is 2. The van der Waals surface area contributed by atoms with E-state index >= 15 is 0 Å². The van der Waals surface area contributed by atoms with Gasteiger partial charge in [0.2, 0.25) is 0 Å². The fraction of sp³-hybridized carbons (Fsp3) is 0.714. The Morgan fingerprint density at radius 3 is 3.10 bits per heavy atom. The monoisotopic (exact) mass is 157 g/mol. The van der Waals surface area contributed by atoms with Crippen LogP contribution in [0.5, 0.6) is 0 Å². The minimum absolute atomic E-state index is 0.302. The van der Waals surface area contributed by atoms with Gasteiger partial charge in [-0.3, -0.25) is 4.67 Å². The topological polar surface area (TPSA) is 12.5 Å². The molecular formula is C7H12NOP. The van der Waals surface area contributed by atoms with Crippen molar-refractivity contribution in [3.63, 3.8) is 0 Å². The summed E-state index contributed by atoms with van der Waals surface area (Å²) in [6.07, 6.45) is 5.99. The molecule has 0 aromatic carbocycles. The highest BCUT2D eigenvalue weighted by Crippen LogP contribution is 2.41. The van der Waals surface area contributed by atoms with Crippen molar-refractivity contribution in [2.75, 3.05) is 26.4 Å². The van der Waals surface area contributed by atoms with Crippen LogP contribution in [-0.2, 0) is 4.52 Å². The third kappa shape index (κ3) is 1.95. The van der Waals surface area contributed by atoms with Gasteiger partial charge in [-0.2, -0.15) is 0 Å². The number of hydrogen-bond donors (Lipinski definition) is 0. The van der Waals surface area contributed by atoms with Crippen LogP contribution in [0.25, 0.3) is 0 Å². The van der Waals surface area contributed by atoms with Crippen molar-refractivity contribution in [3.05, 3.63) is 0 Å². The van der Waals surface area contributed by atoms with E-state index in [0.29, 0.717) is 0 Å². The lowest BCUT2D eigenvalue weighted by Gasteiger charge is -2.16. The van der Waals surface area contributed by atoms with Gasteiger partial charge in [-0.1, -0.05) is 0 Å². The molecule has 1 aliphatic rings. The van der Waals surface area contributed by atoms with E-state index in [1.807, 2.05) is 0 Å². The zero-order chi connectivity index (χ0) is 7.40. The molecule has 0 aromatic rings. The van der Waals surface area contributed by atoms with E-state index in [-0.39, 0.29) is 8.30 Å². The number of terminal acetylenes is 1. The molecule has 0 aliphatic carbocycles. The van der Waals surface area contributed by atoms with Crippen LogP contribution in [0, 0.1) is 12.3 Å². The molecule has 2 nitrogen and oxygen atoms in total. The second-order valence-electron chi connectivity index (χ2n) is 2.21. The van der Waals surface area contributed by atoms with Crippen molar-refractivity contribution in [1.82, 2.24) is 4.67 Å². The summed E-state index contributed by atoms with van der Waals surface area (Å²) in [5.74, 6) is 2.63. The Labute approximate surface area is 63.4 Å². The summed E-state index contributed by atoms with van der Waals surface area (Å²) < 4.78 is 7.70. The van der Waals surface area contributed by atoms with E-state index in [4.69, 9.17) is 10.9 Å². The summed E-state index contributed by atoms with van der Waals surface area (Å²) in [6.45, 7) is 5.06. The summed E-state index contributed by atoms with van der Waals surface area (Å²) in [5, 5.41) is 0. The second-order valence-corrected chi connectivity index (χ2v) is 3.96. The first-order valence-corrected chi connectivity index (χ1v) is 5.05. The fourth-order valence-corrected chi connectivity index (χ4v) is 2.20. The SMILES string of the molecule is C#CCCN1CCO[P@@]1C. The van der Waals surface area contributed by atoms with Gasteiger partial charge in [-0.25, -0.2) is 0 Å². The third-order valence-electron chi connectivity index (χ3n) is 1.54. The number of rotatable bonds is 2. The Morgan fingerprint density at radius 1 is 1.80 bits per heavy atom. The van der Waals surface area contributed by atoms with Gasteiger partial charge in [0.15, 0.2) is 0 Å². The molecule has 1 fully saturated rings. The molecule has 0 unspecified atom stereocenters. The van der Waals surface area contributed by atoms with Crippen molar-refractivity contribution >= 4 is 8.30 Å². The molecule has 0 saturated carbocycles. The van der Waals surface area contributed by atoms with Crippen LogP contribution >= 0.6 is 8.30 Å².